The van der Waals surface area contributed by atoms with E-state index in [0.29, 0.717) is 5.95 Å². The van der Waals surface area contributed by atoms with Crippen molar-refractivity contribution >= 4 is 21.9 Å². The SMILES string of the molecule is CCc1ccc(CCc2nc(N)n(C)c2Br)cc1. The maximum Gasteiger partial charge on any atom is 0.201 e. The van der Waals surface area contributed by atoms with E-state index in [1.807, 2.05) is 11.6 Å². The van der Waals surface area contributed by atoms with Crippen molar-refractivity contribution < 1.29 is 0 Å². The van der Waals surface area contributed by atoms with Crippen molar-refractivity contribution in [2.75, 3.05) is 5.73 Å². The van der Waals surface area contributed by atoms with E-state index in [2.05, 4.69) is 52.1 Å². The van der Waals surface area contributed by atoms with Gasteiger partial charge in [-0.15, -0.1) is 0 Å². The summed E-state index contributed by atoms with van der Waals surface area (Å²) in [4.78, 5) is 4.35. The molecule has 0 saturated carbocycles. The largest absolute Gasteiger partial charge is 0.369 e. The van der Waals surface area contributed by atoms with Gasteiger partial charge in [0.2, 0.25) is 5.95 Å². The van der Waals surface area contributed by atoms with Crippen molar-refractivity contribution in [3.63, 3.8) is 0 Å². The second-order valence-corrected chi connectivity index (χ2v) is 5.19. The van der Waals surface area contributed by atoms with Crippen molar-refractivity contribution in [3.8, 4) is 0 Å². The number of anilines is 1. The van der Waals surface area contributed by atoms with Gasteiger partial charge in [0.15, 0.2) is 0 Å². The van der Waals surface area contributed by atoms with E-state index in [4.69, 9.17) is 5.73 Å². The molecule has 0 unspecified atom stereocenters. The van der Waals surface area contributed by atoms with Crippen LogP contribution in [0, 0.1) is 0 Å². The van der Waals surface area contributed by atoms with Crippen LogP contribution in [0.15, 0.2) is 28.9 Å². The lowest BCUT2D eigenvalue weighted by Gasteiger charge is -2.02. The molecule has 0 aliphatic carbocycles. The second-order valence-electron chi connectivity index (χ2n) is 4.44. The summed E-state index contributed by atoms with van der Waals surface area (Å²) in [6.45, 7) is 2.17. The molecule has 0 aliphatic heterocycles. The van der Waals surface area contributed by atoms with Crippen molar-refractivity contribution in [3.05, 3.63) is 45.7 Å². The molecular weight excluding hydrogens is 290 g/mol. The van der Waals surface area contributed by atoms with Gasteiger partial charge < -0.3 is 10.3 Å². The first kappa shape index (κ1) is 13.1. The molecule has 2 aromatic rings. The zero-order valence-electron chi connectivity index (χ0n) is 10.8. The molecule has 1 aromatic heterocycles. The van der Waals surface area contributed by atoms with Gasteiger partial charge in [-0.2, -0.15) is 0 Å². The number of rotatable bonds is 4. The number of nitrogens with zero attached hydrogens (tertiary/aromatic N) is 2. The lowest BCUT2D eigenvalue weighted by molar-refractivity contribution is 0.883. The Balaban J connectivity index is 2.04. The first-order chi connectivity index (χ1) is 8.61. The average molecular weight is 308 g/mol. The average Bonchev–Trinajstić information content (AvgIpc) is 2.64. The van der Waals surface area contributed by atoms with Gasteiger partial charge in [0, 0.05) is 7.05 Å². The smallest absolute Gasteiger partial charge is 0.201 e. The highest BCUT2D eigenvalue weighted by Gasteiger charge is 2.09. The fourth-order valence-electron chi connectivity index (χ4n) is 1.92. The van der Waals surface area contributed by atoms with Crippen LogP contribution in [-0.4, -0.2) is 9.55 Å². The zero-order chi connectivity index (χ0) is 13.1. The summed E-state index contributed by atoms with van der Waals surface area (Å²) in [5.41, 5.74) is 9.51. The van der Waals surface area contributed by atoms with Gasteiger partial charge in [0.25, 0.3) is 0 Å². The highest BCUT2D eigenvalue weighted by Crippen LogP contribution is 2.20. The lowest BCUT2D eigenvalue weighted by atomic mass is 10.1. The number of imidazole rings is 1. The number of halogens is 1. The number of nitrogens with two attached hydrogens (primary N) is 1. The predicted molar refractivity (Wildman–Crippen MR) is 78.5 cm³/mol. The van der Waals surface area contributed by atoms with Crippen molar-refractivity contribution in [2.24, 2.45) is 7.05 Å². The third-order valence-electron chi connectivity index (χ3n) is 3.21. The summed E-state index contributed by atoms with van der Waals surface area (Å²) in [6.07, 6.45) is 2.97. The van der Waals surface area contributed by atoms with Crippen LogP contribution in [0.3, 0.4) is 0 Å². The molecule has 1 aromatic carbocycles. The highest BCUT2D eigenvalue weighted by atomic mass is 79.9. The van der Waals surface area contributed by atoms with Gasteiger partial charge >= 0.3 is 0 Å². The molecule has 0 spiro atoms. The monoisotopic (exact) mass is 307 g/mol. The van der Waals surface area contributed by atoms with E-state index in [1.54, 1.807) is 0 Å². The molecule has 4 heteroatoms. The normalized spacial score (nSPS) is 10.8. The van der Waals surface area contributed by atoms with Gasteiger partial charge in [-0.05, 0) is 46.3 Å². The number of hydrogen-bond acceptors (Lipinski definition) is 2. The minimum absolute atomic E-state index is 0.554. The fourth-order valence-corrected chi connectivity index (χ4v) is 2.39. The third kappa shape index (κ3) is 2.75. The minimum Gasteiger partial charge on any atom is -0.369 e. The van der Waals surface area contributed by atoms with Crippen LogP contribution in [0.5, 0.6) is 0 Å². The Morgan fingerprint density at radius 3 is 2.28 bits per heavy atom. The van der Waals surface area contributed by atoms with E-state index in [9.17, 15) is 0 Å². The molecule has 0 saturated heterocycles. The van der Waals surface area contributed by atoms with E-state index >= 15 is 0 Å². The zero-order valence-corrected chi connectivity index (χ0v) is 12.4. The highest BCUT2D eigenvalue weighted by molar-refractivity contribution is 9.10. The molecule has 0 atom stereocenters. The summed E-state index contributed by atoms with van der Waals surface area (Å²) in [5.74, 6) is 0.554. The maximum atomic E-state index is 5.77. The topological polar surface area (TPSA) is 43.8 Å². The second kappa shape index (κ2) is 5.57. The Hall–Kier alpha value is -1.29. The Kier molecular flexibility index (Phi) is 4.07. The van der Waals surface area contributed by atoms with Gasteiger partial charge in [-0.1, -0.05) is 31.2 Å². The first-order valence-corrected chi connectivity index (χ1v) is 6.95. The van der Waals surface area contributed by atoms with Crippen molar-refractivity contribution in [1.82, 2.24) is 9.55 Å². The molecule has 0 amide bonds. The molecule has 0 fully saturated rings. The summed E-state index contributed by atoms with van der Waals surface area (Å²) >= 11 is 3.52. The molecule has 18 heavy (non-hydrogen) atoms. The predicted octanol–water partition coefficient (Wildman–Crippen LogP) is 3.11. The molecule has 96 valence electrons. The quantitative estimate of drug-likeness (QED) is 0.943. The summed E-state index contributed by atoms with van der Waals surface area (Å²) in [5, 5.41) is 0. The van der Waals surface area contributed by atoms with Crippen LogP contribution in [0.1, 0.15) is 23.7 Å². The van der Waals surface area contributed by atoms with E-state index in [-0.39, 0.29) is 0 Å². The molecule has 2 N–H and O–H groups in total. The van der Waals surface area contributed by atoms with E-state index in [0.717, 1.165) is 29.6 Å². The van der Waals surface area contributed by atoms with Gasteiger partial charge in [-0.3, -0.25) is 0 Å². The van der Waals surface area contributed by atoms with E-state index < -0.39 is 0 Å². The van der Waals surface area contributed by atoms with Crippen LogP contribution >= 0.6 is 15.9 Å². The Bertz CT molecular complexity index is 529. The first-order valence-electron chi connectivity index (χ1n) is 6.16. The molecule has 0 bridgehead atoms. The fraction of sp³-hybridized carbons (Fsp3) is 0.357. The number of hydrogen-bond donors (Lipinski definition) is 1. The standard InChI is InChI=1S/C14H18BrN3/c1-3-10-4-6-11(7-5-10)8-9-12-13(15)18(2)14(16)17-12/h4-7H,3,8-9H2,1-2H3,(H2,16,17). The Morgan fingerprint density at radius 1 is 1.17 bits per heavy atom. The van der Waals surface area contributed by atoms with Crippen LogP contribution < -0.4 is 5.73 Å². The number of aromatic nitrogens is 2. The number of aryl methyl sites for hydroxylation is 3. The number of benzene rings is 1. The summed E-state index contributed by atoms with van der Waals surface area (Å²) in [7, 11) is 1.91. The lowest BCUT2D eigenvalue weighted by Crippen LogP contribution is -1.96. The van der Waals surface area contributed by atoms with Gasteiger partial charge in [0.05, 0.1) is 5.69 Å². The summed E-state index contributed by atoms with van der Waals surface area (Å²) < 4.78 is 2.83. The molecule has 0 aliphatic rings. The maximum absolute atomic E-state index is 5.77. The Morgan fingerprint density at radius 2 is 1.78 bits per heavy atom. The van der Waals surface area contributed by atoms with E-state index in [1.165, 1.54) is 11.1 Å². The Labute approximate surface area is 116 Å². The summed E-state index contributed by atoms with van der Waals surface area (Å²) in [6, 6.07) is 8.77. The molecule has 3 nitrogen and oxygen atoms in total. The minimum atomic E-state index is 0.554. The van der Waals surface area contributed by atoms with Crippen LogP contribution in [0.2, 0.25) is 0 Å². The van der Waals surface area contributed by atoms with Crippen LogP contribution in [0.4, 0.5) is 5.95 Å². The van der Waals surface area contributed by atoms with Crippen LogP contribution in [0.25, 0.3) is 0 Å². The molecular formula is C14H18BrN3. The van der Waals surface area contributed by atoms with Gasteiger partial charge in [-0.25, -0.2) is 4.98 Å². The van der Waals surface area contributed by atoms with Gasteiger partial charge in [0.1, 0.15) is 4.60 Å². The third-order valence-corrected chi connectivity index (χ3v) is 4.20. The van der Waals surface area contributed by atoms with Crippen molar-refractivity contribution in [1.29, 1.82) is 0 Å². The van der Waals surface area contributed by atoms with Crippen molar-refractivity contribution in [2.45, 2.75) is 26.2 Å². The number of nitrogen functional groups attached to an aromatic ring is 1. The molecule has 0 radical (unpaired) electrons. The molecule has 1 heterocycles. The van der Waals surface area contributed by atoms with Crippen LogP contribution in [-0.2, 0) is 26.3 Å². The molecule has 2 rings (SSSR count).